The number of allylic oxidation sites excluding steroid dienone is 2. The van der Waals surface area contributed by atoms with Crippen molar-refractivity contribution >= 4 is 36.1 Å². The maximum absolute atomic E-state index is 14.5. The van der Waals surface area contributed by atoms with Crippen molar-refractivity contribution in [3.8, 4) is 22.3 Å². The fourth-order valence-corrected chi connectivity index (χ4v) is 11.5. The maximum atomic E-state index is 14.5. The summed E-state index contributed by atoms with van der Waals surface area (Å²) in [6.07, 6.45) is 4.15. The second-order valence-electron chi connectivity index (χ2n) is 22.6. The van der Waals surface area contributed by atoms with Gasteiger partial charge in [0, 0.05) is 7.29 Å². The summed E-state index contributed by atoms with van der Waals surface area (Å²) in [5, 5.41) is 7.52. The fraction of sp³-hybridized carbons (Fsp3) is 0.296. The first-order valence-electron chi connectivity index (χ1n) is 28.2. The minimum Gasteiger partial charge on any atom is -1.00 e. The molecule has 0 aromatic heterocycles. The molecule has 7 aromatic rings. The van der Waals surface area contributed by atoms with E-state index in [-0.39, 0.29) is 83.6 Å². The Balaban J connectivity index is 0.000000293. The number of hydrogen-bond donors (Lipinski definition) is 3. The molecule has 2 N–H and O–H groups in total. The number of carbonyl (C=O) groups excluding carboxylic acids is 4. The molecule has 11 heteroatoms. The van der Waals surface area contributed by atoms with Gasteiger partial charge in [-0.1, -0.05) is 200 Å². The number of rotatable bonds is 20. The van der Waals surface area contributed by atoms with Gasteiger partial charge in [-0.15, -0.1) is 13.2 Å². The van der Waals surface area contributed by atoms with Gasteiger partial charge >= 0.3 is 63.3 Å². The number of nitrogens with one attached hydrogen (secondary N) is 2. The minimum absolute atomic E-state index is 0. The van der Waals surface area contributed by atoms with E-state index in [2.05, 4.69) is 109 Å². The molecule has 0 saturated heterocycles. The van der Waals surface area contributed by atoms with Crippen molar-refractivity contribution in [2.75, 3.05) is 12.8 Å². The zero-order chi connectivity index (χ0) is 59.3. The van der Waals surface area contributed by atoms with E-state index in [4.69, 9.17) is 15.6 Å². The van der Waals surface area contributed by atoms with Crippen molar-refractivity contribution in [1.82, 2.24) is 10.6 Å². The molecular formula is C71H79KN2O7S. The number of carbonyl (C=O) groups is 4. The van der Waals surface area contributed by atoms with Crippen LogP contribution < -0.4 is 62.0 Å². The van der Waals surface area contributed by atoms with Gasteiger partial charge in [-0.3, -0.25) is 29.8 Å². The van der Waals surface area contributed by atoms with E-state index in [1.807, 2.05) is 157 Å². The van der Waals surface area contributed by atoms with Crippen molar-refractivity contribution in [3.05, 3.63) is 252 Å². The van der Waals surface area contributed by atoms with Gasteiger partial charge < -0.3 is 15.6 Å². The second kappa shape index (κ2) is 28.6. The molecule has 0 amide bonds. The number of ether oxygens (including phenoxy) is 3. The molecule has 9 rings (SSSR count). The number of fused-ring (bicyclic) bond motifs is 6. The summed E-state index contributed by atoms with van der Waals surface area (Å²) in [7, 11) is 0. The van der Waals surface area contributed by atoms with Crippen LogP contribution in [0.5, 0.6) is 0 Å². The molecule has 0 aliphatic heterocycles. The summed E-state index contributed by atoms with van der Waals surface area (Å²) in [5.41, 5.74) is 6.75. The van der Waals surface area contributed by atoms with Gasteiger partial charge in [0.05, 0.1) is 29.7 Å². The molecule has 7 aromatic carbocycles. The van der Waals surface area contributed by atoms with Gasteiger partial charge in [-0.25, -0.2) is 0 Å². The summed E-state index contributed by atoms with van der Waals surface area (Å²) in [5.74, 6) is -1.86. The van der Waals surface area contributed by atoms with Crippen molar-refractivity contribution in [2.45, 2.75) is 109 Å². The van der Waals surface area contributed by atoms with Crippen LogP contribution in [0.1, 0.15) is 110 Å². The number of Topliss-reactive ketones (excluding diaryl/α,β-unsaturated/α-hetero) is 2. The van der Waals surface area contributed by atoms with Crippen LogP contribution in [0.2, 0.25) is 0 Å². The Kier molecular flexibility index (Phi) is 22.3. The van der Waals surface area contributed by atoms with Crippen molar-refractivity contribution < 1.29 is 87.6 Å². The number of esters is 2. The van der Waals surface area contributed by atoms with Gasteiger partial charge in [-0.2, -0.15) is 12.6 Å². The summed E-state index contributed by atoms with van der Waals surface area (Å²) in [4.78, 5) is 55.0. The quantitative estimate of drug-likeness (QED) is 0.0297. The van der Waals surface area contributed by atoms with Crippen LogP contribution in [-0.2, 0) is 51.1 Å². The molecule has 4 atom stereocenters. The molecule has 2 aliphatic rings. The molecule has 0 fully saturated rings. The van der Waals surface area contributed by atoms with Gasteiger partial charge in [0.2, 0.25) is 0 Å². The molecule has 82 heavy (non-hydrogen) atoms. The van der Waals surface area contributed by atoms with Crippen LogP contribution in [0, 0.1) is 11.3 Å². The van der Waals surface area contributed by atoms with Crippen LogP contribution in [0.25, 0.3) is 22.3 Å². The fourth-order valence-electron chi connectivity index (χ4n) is 11.5. The van der Waals surface area contributed by atoms with E-state index >= 15 is 0 Å². The normalized spacial score (nSPS) is 15.1. The monoisotopic (exact) mass is 1140 g/mol. The predicted molar refractivity (Wildman–Crippen MR) is 331 cm³/mol. The van der Waals surface area contributed by atoms with Gasteiger partial charge in [0.15, 0.2) is 0 Å². The largest absolute Gasteiger partial charge is 1.00 e. The number of hydrogen-bond acceptors (Lipinski definition) is 10. The smallest absolute Gasteiger partial charge is 1.00 e. The Morgan fingerprint density at radius 3 is 1.30 bits per heavy atom. The Labute approximate surface area is 537 Å². The summed E-state index contributed by atoms with van der Waals surface area (Å²) >= 11 is 3.46. The Hall–Kier alpha value is -5.83. The molecule has 0 heterocycles. The second-order valence-corrected chi connectivity index (χ2v) is 22.6. The first-order chi connectivity index (χ1) is 39.2. The van der Waals surface area contributed by atoms with Crippen molar-refractivity contribution in [1.29, 1.82) is 0 Å². The third-order valence-electron chi connectivity index (χ3n) is 14.9. The topological polar surface area (TPSA) is 120 Å². The molecule has 0 radical (unpaired) electrons. The molecule has 422 valence electrons. The van der Waals surface area contributed by atoms with E-state index in [9.17, 15) is 19.2 Å². The van der Waals surface area contributed by atoms with E-state index in [0.29, 0.717) is 13.0 Å². The van der Waals surface area contributed by atoms with E-state index in [1.54, 1.807) is 12.2 Å². The van der Waals surface area contributed by atoms with Gasteiger partial charge in [0.25, 0.3) is 0 Å². The average Bonchev–Trinajstić information content (AvgIpc) is 1.87. The standard InChI is InChI=1S/C39H41NO4.C31H33NO3.CH4S.K.H/c1-6-25-38(28(2)41,27-43-26-29-17-9-7-10-18-29)35(36(42)44-37(3,4)5)40-39(30-19-11-8-12-20-30)33-23-15-13-21-31(33)32-22-14-16-24-34(32)39;1-6-14-23(21(2)33)28(29(34)35-30(3,4)5)32-31(22-15-8-7-9-16-22)26-19-12-10-17-24(26)25-18-11-13-20-27(25)31;1-2;;/h6-24,35,40H,1,25-27H2,2-5H3;6-13,15-20,23,28,32H,1,14H2,2-5H3;2H,1H3;;/q;;;+1;-1/t35-,38?;23?,28-;;;/m10.../s1/i;;1D;;. The maximum Gasteiger partial charge on any atom is 1.00 e. The summed E-state index contributed by atoms with van der Waals surface area (Å²) in [6.45, 7) is 22.2. The number of thiol groups is 1. The Morgan fingerprint density at radius 1 is 0.573 bits per heavy atom. The molecule has 2 unspecified atom stereocenters. The minimum atomic E-state index is -1.31. The predicted octanol–water partition coefficient (Wildman–Crippen LogP) is 11.3. The van der Waals surface area contributed by atoms with Crippen molar-refractivity contribution in [2.24, 2.45) is 11.3 Å². The zero-order valence-electron chi connectivity index (χ0n) is 51.0. The SMILES string of the molecule is C=CCC(C(C)=O)[C@H](NC1(c2ccccc2)c2ccccc2-c2ccccc21)C(=O)OC(C)(C)C.C=CCC(COCc1ccccc1)(C(C)=O)[C@H](NC1(c2ccccc2)c2ccccc2-c2ccccc21)C(=O)OC(C)(C)C.[2H]CS.[H-].[K+]. The third kappa shape index (κ3) is 14.0. The van der Waals surface area contributed by atoms with Gasteiger partial charge in [0.1, 0.15) is 34.9 Å². The van der Waals surface area contributed by atoms with E-state index in [1.165, 1.54) is 13.8 Å². The van der Waals surface area contributed by atoms with E-state index in [0.717, 1.165) is 61.2 Å². The third-order valence-corrected chi connectivity index (χ3v) is 14.9. The average molecular weight is 1140 g/mol. The van der Waals surface area contributed by atoms with Crippen LogP contribution in [-0.4, -0.2) is 59.6 Å². The molecule has 0 spiro atoms. The molecule has 0 saturated carbocycles. The zero-order valence-corrected chi connectivity index (χ0v) is 53.1. The molecule has 9 nitrogen and oxygen atoms in total. The number of ketones is 2. The van der Waals surface area contributed by atoms with Gasteiger partial charge in [-0.05, 0) is 136 Å². The van der Waals surface area contributed by atoms with E-state index < -0.39 is 57.6 Å². The van der Waals surface area contributed by atoms with Crippen LogP contribution in [0.3, 0.4) is 0 Å². The molecular weight excluding hydrogens is 1060 g/mol. The Morgan fingerprint density at radius 2 is 0.939 bits per heavy atom. The summed E-state index contributed by atoms with van der Waals surface area (Å²) < 4.78 is 24.3. The molecule has 2 aliphatic carbocycles. The Bertz CT molecular complexity index is 3260. The first kappa shape index (κ1) is 63.7. The van der Waals surface area contributed by atoms with Crippen LogP contribution in [0.4, 0.5) is 0 Å². The van der Waals surface area contributed by atoms with Crippen LogP contribution in [0.15, 0.2) is 213 Å². The first-order valence-corrected chi connectivity index (χ1v) is 28.1. The van der Waals surface area contributed by atoms with Crippen molar-refractivity contribution in [3.63, 3.8) is 0 Å². The van der Waals surface area contributed by atoms with Crippen LogP contribution >= 0.6 is 12.6 Å². The number of benzene rings is 7. The summed E-state index contributed by atoms with van der Waals surface area (Å²) in [6, 6.07) is 61.0. The molecule has 0 bridgehead atoms.